The monoisotopic (exact) mass is 404 g/mol. The van der Waals surface area contributed by atoms with E-state index >= 15 is 0 Å². The molecule has 2 aromatic rings. The predicted octanol–water partition coefficient (Wildman–Crippen LogP) is 5.85. The highest BCUT2D eigenvalue weighted by Gasteiger charge is 2.09. The molecular weight excluding hydrogens is 396 g/mol. The lowest BCUT2D eigenvalue weighted by atomic mass is 10.1. The van der Waals surface area contributed by atoms with Crippen LogP contribution >= 0.6 is 54.5 Å². The van der Waals surface area contributed by atoms with E-state index in [9.17, 15) is 4.79 Å². The van der Waals surface area contributed by atoms with Crippen LogP contribution in [0.15, 0.2) is 26.5 Å². The van der Waals surface area contributed by atoms with Gasteiger partial charge in [-0.3, -0.25) is 4.79 Å². The molecule has 94 valence electrons. The molecule has 2 rings (SSSR count). The maximum Gasteiger partial charge on any atom is 0.186 e. The Morgan fingerprint density at radius 2 is 1.94 bits per heavy atom. The molecule has 0 radical (unpaired) electrons. The molecule has 0 spiro atoms. The summed E-state index contributed by atoms with van der Waals surface area (Å²) in [6, 6.07) is 3.94. The Hall–Kier alpha value is -0.230. The lowest BCUT2D eigenvalue weighted by molar-refractivity contribution is 0.104. The van der Waals surface area contributed by atoms with E-state index in [0.717, 1.165) is 23.6 Å². The molecule has 0 amide bonds. The molecule has 0 unspecified atom stereocenters. The van der Waals surface area contributed by atoms with E-state index in [0.29, 0.717) is 0 Å². The molecular formula is C13H10Br2OS2. The van der Waals surface area contributed by atoms with Crippen LogP contribution in [0.2, 0.25) is 0 Å². The first-order chi connectivity index (χ1) is 8.47. The Kier molecular flexibility index (Phi) is 4.59. The van der Waals surface area contributed by atoms with Crippen LogP contribution in [-0.2, 0) is 0 Å². The zero-order chi connectivity index (χ0) is 13.3. The van der Waals surface area contributed by atoms with Crippen molar-refractivity contribution in [1.82, 2.24) is 0 Å². The van der Waals surface area contributed by atoms with Crippen molar-refractivity contribution in [2.75, 3.05) is 0 Å². The quantitative estimate of drug-likeness (QED) is 0.462. The van der Waals surface area contributed by atoms with Crippen LogP contribution in [0.3, 0.4) is 0 Å². The normalized spacial score (nSPS) is 11.3. The van der Waals surface area contributed by atoms with Crippen LogP contribution in [0, 0.1) is 13.8 Å². The standard InChI is InChI=1S/C13H10Br2OS2/c1-7-5-10(8(2)17-7)12(16)4-3-9-6-11(14)13(15)18-9/h3-6H,1-2H3/b4-3+. The molecule has 0 aliphatic carbocycles. The van der Waals surface area contributed by atoms with Crippen LogP contribution in [-0.4, -0.2) is 5.78 Å². The molecule has 0 N–H and O–H groups in total. The Morgan fingerprint density at radius 1 is 1.22 bits per heavy atom. The fourth-order valence-electron chi connectivity index (χ4n) is 1.57. The van der Waals surface area contributed by atoms with Gasteiger partial charge in [-0.15, -0.1) is 22.7 Å². The molecule has 0 aromatic carbocycles. The first kappa shape index (κ1) is 14.2. The van der Waals surface area contributed by atoms with Crippen LogP contribution in [0.4, 0.5) is 0 Å². The largest absolute Gasteiger partial charge is 0.289 e. The van der Waals surface area contributed by atoms with Crippen molar-refractivity contribution < 1.29 is 4.79 Å². The fraction of sp³-hybridized carbons (Fsp3) is 0.154. The van der Waals surface area contributed by atoms with Crippen LogP contribution in [0.1, 0.15) is 25.0 Å². The number of halogens is 2. The van der Waals surface area contributed by atoms with Crippen molar-refractivity contribution in [3.05, 3.63) is 46.7 Å². The van der Waals surface area contributed by atoms with Crippen LogP contribution in [0.25, 0.3) is 6.08 Å². The van der Waals surface area contributed by atoms with Gasteiger partial charge in [0.05, 0.1) is 3.79 Å². The Labute approximate surface area is 131 Å². The van der Waals surface area contributed by atoms with Crippen molar-refractivity contribution in [1.29, 1.82) is 0 Å². The molecule has 2 aromatic heterocycles. The first-order valence-corrected chi connectivity index (χ1v) is 8.43. The molecule has 0 bridgehead atoms. The van der Waals surface area contributed by atoms with E-state index in [-0.39, 0.29) is 5.78 Å². The zero-order valence-corrected chi connectivity index (χ0v) is 14.6. The minimum absolute atomic E-state index is 0.0671. The summed E-state index contributed by atoms with van der Waals surface area (Å²) in [5, 5.41) is 0. The molecule has 0 aliphatic heterocycles. The van der Waals surface area contributed by atoms with E-state index in [1.165, 1.54) is 4.88 Å². The van der Waals surface area contributed by atoms with E-state index in [1.54, 1.807) is 28.7 Å². The predicted molar refractivity (Wildman–Crippen MR) is 86.9 cm³/mol. The van der Waals surface area contributed by atoms with E-state index in [4.69, 9.17) is 0 Å². The van der Waals surface area contributed by atoms with Gasteiger partial charge >= 0.3 is 0 Å². The molecule has 2 heterocycles. The van der Waals surface area contributed by atoms with Gasteiger partial charge in [-0.2, -0.15) is 0 Å². The second-order valence-corrected chi connectivity index (χ2v) is 8.51. The van der Waals surface area contributed by atoms with Crippen molar-refractivity contribution >= 4 is 66.4 Å². The number of hydrogen-bond donors (Lipinski definition) is 0. The molecule has 18 heavy (non-hydrogen) atoms. The number of allylic oxidation sites excluding steroid dienone is 1. The zero-order valence-electron chi connectivity index (χ0n) is 9.79. The third-order valence-electron chi connectivity index (χ3n) is 2.37. The van der Waals surface area contributed by atoms with Gasteiger partial charge in [0.15, 0.2) is 5.78 Å². The highest BCUT2D eigenvalue weighted by Crippen LogP contribution is 2.33. The average molecular weight is 406 g/mol. The highest BCUT2D eigenvalue weighted by molar-refractivity contribution is 9.13. The summed E-state index contributed by atoms with van der Waals surface area (Å²) < 4.78 is 2.05. The summed E-state index contributed by atoms with van der Waals surface area (Å²) in [5.74, 6) is 0.0671. The SMILES string of the molecule is Cc1cc(C(=O)/C=C/c2cc(Br)c(Br)s2)c(C)s1. The smallest absolute Gasteiger partial charge is 0.186 e. The van der Waals surface area contributed by atoms with E-state index < -0.39 is 0 Å². The van der Waals surface area contributed by atoms with Gasteiger partial charge in [0.2, 0.25) is 0 Å². The maximum absolute atomic E-state index is 12.0. The van der Waals surface area contributed by atoms with E-state index in [1.807, 2.05) is 32.1 Å². The topological polar surface area (TPSA) is 17.1 Å². The second kappa shape index (κ2) is 5.82. The maximum atomic E-state index is 12.0. The molecule has 1 nitrogen and oxygen atoms in total. The number of thiophene rings is 2. The Balaban J connectivity index is 2.19. The minimum atomic E-state index is 0.0671. The van der Waals surface area contributed by atoms with Gasteiger partial charge in [-0.25, -0.2) is 0 Å². The van der Waals surface area contributed by atoms with Crippen molar-refractivity contribution in [3.63, 3.8) is 0 Å². The summed E-state index contributed by atoms with van der Waals surface area (Å²) in [5.41, 5.74) is 0.809. The van der Waals surface area contributed by atoms with Gasteiger partial charge in [-0.05, 0) is 70.0 Å². The fourth-order valence-corrected chi connectivity index (χ4v) is 4.49. The van der Waals surface area contributed by atoms with Gasteiger partial charge in [0.25, 0.3) is 0 Å². The van der Waals surface area contributed by atoms with Gasteiger partial charge in [0.1, 0.15) is 0 Å². The van der Waals surface area contributed by atoms with Crippen molar-refractivity contribution in [2.24, 2.45) is 0 Å². The third-order valence-corrected chi connectivity index (χ3v) is 6.56. The van der Waals surface area contributed by atoms with Crippen LogP contribution in [0.5, 0.6) is 0 Å². The number of aryl methyl sites for hydroxylation is 2. The van der Waals surface area contributed by atoms with Crippen molar-refractivity contribution in [2.45, 2.75) is 13.8 Å². The van der Waals surface area contributed by atoms with Gasteiger partial charge in [0, 0.05) is 24.7 Å². The first-order valence-electron chi connectivity index (χ1n) is 5.21. The molecule has 0 saturated carbocycles. The van der Waals surface area contributed by atoms with Gasteiger partial charge in [-0.1, -0.05) is 0 Å². The van der Waals surface area contributed by atoms with Crippen LogP contribution < -0.4 is 0 Å². The van der Waals surface area contributed by atoms with Crippen molar-refractivity contribution in [3.8, 4) is 0 Å². The summed E-state index contributed by atoms with van der Waals surface area (Å²) in [7, 11) is 0. The second-order valence-electron chi connectivity index (χ2n) is 3.79. The van der Waals surface area contributed by atoms with E-state index in [2.05, 4.69) is 31.9 Å². The Morgan fingerprint density at radius 3 is 2.44 bits per heavy atom. The summed E-state index contributed by atoms with van der Waals surface area (Å²) >= 11 is 10.1. The molecule has 0 aliphatic rings. The third kappa shape index (κ3) is 3.20. The number of hydrogen-bond acceptors (Lipinski definition) is 3. The molecule has 0 atom stereocenters. The summed E-state index contributed by atoms with van der Waals surface area (Å²) in [6.07, 6.45) is 3.49. The highest BCUT2D eigenvalue weighted by atomic mass is 79.9. The lowest BCUT2D eigenvalue weighted by Crippen LogP contribution is -1.93. The Bertz CT molecular complexity index is 603. The molecule has 0 fully saturated rings. The molecule has 0 saturated heterocycles. The average Bonchev–Trinajstić information content (AvgIpc) is 2.79. The number of ketones is 1. The number of carbonyl (C=O) groups excluding carboxylic acids is 1. The molecule has 5 heteroatoms. The minimum Gasteiger partial charge on any atom is -0.289 e. The lowest BCUT2D eigenvalue weighted by Gasteiger charge is -1.91. The summed E-state index contributed by atoms with van der Waals surface area (Å²) in [6.45, 7) is 4.00. The number of carbonyl (C=O) groups is 1. The number of rotatable bonds is 3. The summed E-state index contributed by atoms with van der Waals surface area (Å²) in [4.78, 5) is 15.3. The van der Waals surface area contributed by atoms with Gasteiger partial charge < -0.3 is 0 Å².